The summed E-state index contributed by atoms with van der Waals surface area (Å²) in [5.74, 6) is 0.386. The highest BCUT2D eigenvalue weighted by molar-refractivity contribution is 5.97. The molecule has 0 radical (unpaired) electrons. The Kier molecular flexibility index (Phi) is 9.10. The van der Waals surface area contributed by atoms with Crippen LogP contribution in [-0.2, 0) is 10.2 Å². The number of rotatable bonds is 11. The quantitative estimate of drug-likeness (QED) is 0.507. The van der Waals surface area contributed by atoms with Crippen LogP contribution < -0.4 is 10.1 Å². The Hall–Kier alpha value is -2.82. The van der Waals surface area contributed by atoms with Gasteiger partial charge in [-0.2, -0.15) is 0 Å². The Morgan fingerprint density at radius 3 is 2.19 bits per heavy atom. The monoisotopic (exact) mass is 424 g/mol. The Morgan fingerprint density at radius 1 is 0.968 bits per heavy atom. The SMILES string of the molecule is CCCN(CCC)C(=O)c1cccc(NC(=O)COc2ccc(C(C)(C)CC)cc2)c1. The van der Waals surface area contributed by atoms with Crippen molar-refractivity contribution in [3.63, 3.8) is 0 Å². The van der Waals surface area contributed by atoms with Crippen molar-refractivity contribution in [2.45, 2.75) is 59.3 Å². The first-order valence-electron chi connectivity index (χ1n) is 11.2. The van der Waals surface area contributed by atoms with Gasteiger partial charge in [0.15, 0.2) is 6.61 Å². The van der Waals surface area contributed by atoms with Gasteiger partial charge in [0.1, 0.15) is 5.75 Å². The molecular formula is C26H36N2O3. The van der Waals surface area contributed by atoms with Gasteiger partial charge in [0.05, 0.1) is 0 Å². The van der Waals surface area contributed by atoms with Crippen LogP contribution in [0.4, 0.5) is 5.69 Å². The molecule has 0 aliphatic rings. The zero-order chi connectivity index (χ0) is 22.9. The van der Waals surface area contributed by atoms with Crippen molar-refractivity contribution in [3.8, 4) is 5.75 Å². The molecule has 31 heavy (non-hydrogen) atoms. The van der Waals surface area contributed by atoms with Gasteiger partial charge >= 0.3 is 0 Å². The minimum absolute atomic E-state index is 0.00820. The third-order valence-corrected chi connectivity index (χ3v) is 5.56. The first-order valence-corrected chi connectivity index (χ1v) is 11.2. The summed E-state index contributed by atoms with van der Waals surface area (Å²) in [5, 5.41) is 2.82. The van der Waals surface area contributed by atoms with Crippen molar-refractivity contribution in [1.29, 1.82) is 0 Å². The number of anilines is 1. The summed E-state index contributed by atoms with van der Waals surface area (Å²) >= 11 is 0. The first-order chi connectivity index (χ1) is 14.8. The van der Waals surface area contributed by atoms with Gasteiger partial charge in [-0.15, -0.1) is 0 Å². The van der Waals surface area contributed by atoms with Crippen LogP contribution in [0.15, 0.2) is 48.5 Å². The maximum absolute atomic E-state index is 12.8. The fraction of sp³-hybridized carbons (Fsp3) is 0.462. The molecule has 5 nitrogen and oxygen atoms in total. The highest BCUT2D eigenvalue weighted by Gasteiger charge is 2.18. The smallest absolute Gasteiger partial charge is 0.262 e. The van der Waals surface area contributed by atoms with E-state index < -0.39 is 0 Å². The average Bonchev–Trinajstić information content (AvgIpc) is 2.77. The predicted molar refractivity (Wildman–Crippen MR) is 127 cm³/mol. The van der Waals surface area contributed by atoms with Gasteiger partial charge in [0.25, 0.3) is 11.8 Å². The lowest BCUT2D eigenvalue weighted by Crippen LogP contribution is -2.32. The largest absolute Gasteiger partial charge is 0.484 e. The Bertz CT molecular complexity index is 853. The lowest BCUT2D eigenvalue weighted by molar-refractivity contribution is -0.118. The lowest BCUT2D eigenvalue weighted by Gasteiger charge is -2.23. The molecule has 0 saturated carbocycles. The number of carbonyl (C=O) groups excluding carboxylic acids is 2. The number of carbonyl (C=O) groups is 2. The van der Waals surface area contributed by atoms with Crippen LogP contribution in [0.25, 0.3) is 0 Å². The topological polar surface area (TPSA) is 58.6 Å². The van der Waals surface area contributed by atoms with Crippen LogP contribution in [0, 0.1) is 0 Å². The summed E-state index contributed by atoms with van der Waals surface area (Å²) in [6, 6.07) is 15.0. The third kappa shape index (κ3) is 7.12. The minimum atomic E-state index is -0.262. The normalized spacial score (nSPS) is 11.1. The van der Waals surface area contributed by atoms with Crippen molar-refractivity contribution in [1.82, 2.24) is 4.90 Å². The van der Waals surface area contributed by atoms with Gasteiger partial charge in [0, 0.05) is 24.3 Å². The highest BCUT2D eigenvalue weighted by atomic mass is 16.5. The molecule has 0 aliphatic carbocycles. The van der Waals surface area contributed by atoms with E-state index in [-0.39, 0.29) is 23.8 Å². The fourth-order valence-electron chi connectivity index (χ4n) is 3.32. The lowest BCUT2D eigenvalue weighted by atomic mass is 9.82. The maximum Gasteiger partial charge on any atom is 0.262 e. The number of ether oxygens (including phenoxy) is 1. The van der Waals surface area contributed by atoms with Crippen LogP contribution >= 0.6 is 0 Å². The van der Waals surface area contributed by atoms with Gasteiger partial charge in [-0.1, -0.05) is 52.8 Å². The zero-order valence-corrected chi connectivity index (χ0v) is 19.5. The Labute approximate surface area is 186 Å². The van der Waals surface area contributed by atoms with E-state index in [1.54, 1.807) is 24.3 Å². The van der Waals surface area contributed by atoms with Gasteiger partial charge in [-0.3, -0.25) is 9.59 Å². The van der Waals surface area contributed by atoms with E-state index in [1.807, 2.05) is 29.2 Å². The summed E-state index contributed by atoms with van der Waals surface area (Å²) in [4.78, 5) is 27.0. The number of amides is 2. The second kappa shape index (κ2) is 11.5. The third-order valence-electron chi connectivity index (χ3n) is 5.56. The van der Waals surface area contributed by atoms with Crippen molar-refractivity contribution in [2.24, 2.45) is 0 Å². The summed E-state index contributed by atoms with van der Waals surface area (Å²) in [6.45, 7) is 12.1. The van der Waals surface area contributed by atoms with Crippen LogP contribution in [0.5, 0.6) is 5.75 Å². The fourth-order valence-corrected chi connectivity index (χ4v) is 3.32. The van der Waals surface area contributed by atoms with E-state index >= 15 is 0 Å². The standard InChI is InChI=1S/C26H36N2O3/c1-6-16-28(17-7-2)25(30)20-10-9-11-22(18-20)27-24(29)19-31-23-14-12-21(13-15-23)26(4,5)8-3/h9-15,18H,6-8,16-17,19H2,1-5H3,(H,27,29). The molecule has 0 saturated heterocycles. The Balaban J connectivity index is 1.95. The number of nitrogens with zero attached hydrogens (tertiary/aromatic N) is 1. The highest BCUT2D eigenvalue weighted by Crippen LogP contribution is 2.28. The molecule has 2 aromatic carbocycles. The molecule has 0 fully saturated rings. The number of nitrogens with one attached hydrogen (secondary N) is 1. The minimum Gasteiger partial charge on any atom is -0.484 e. The van der Waals surface area contributed by atoms with E-state index in [4.69, 9.17) is 4.74 Å². The second-order valence-corrected chi connectivity index (χ2v) is 8.47. The molecule has 2 aromatic rings. The predicted octanol–water partition coefficient (Wildman–Crippen LogP) is 5.65. The van der Waals surface area contributed by atoms with Gasteiger partial charge in [-0.25, -0.2) is 0 Å². The molecule has 0 unspecified atom stereocenters. The average molecular weight is 425 g/mol. The molecule has 0 atom stereocenters. The summed E-state index contributed by atoms with van der Waals surface area (Å²) < 4.78 is 5.63. The molecular weight excluding hydrogens is 388 g/mol. The van der Waals surface area contributed by atoms with Crippen LogP contribution in [0.3, 0.4) is 0 Å². The number of benzene rings is 2. The maximum atomic E-state index is 12.8. The van der Waals surface area contributed by atoms with Gasteiger partial charge in [-0.05, 0) is 60.6 Å². The van der Waals surface area contributed by atoms with E-state index in [9.17, 15) is 9.59 Å². The van der Waals surface area contributed by atoms with E-state index in [2.05, 4.69) is 39.9 Å². The number of hydrogen-bond donors (Lipinski definition) is 1. The first kappa shape index (κ1) is 24.4. The van der Waals surface area contributed by atoms with Crippen molar-refractivity contribution < 1.29 is 14.3 Å². The number of hydrogen-bond acceptors (Lipinski definition) is 3. The van der Waals surface area contributed by atoms with Crippen molar-refractivity contribution >= 4 is 17.5 Å². The molecule has 2 rings (SSSR count). The van der Waals surface area contributed by atoms with E-state index in [0.29, 0.717) is 17.0 Å². The van der Waals surface area contributed by atoms with Crippen molar-refractivity contribution in [3.05, 3.63) is 59.7 Å². The van der Waals surface area contributed by atoms with E-state index in [0.717, 1.165) is 32.4 Å². The van der Waals surface area contributed by atoms with Gasteiger partial charge < -0.3 is 15.0 Å². The molecule has 0 spiro atoms. The van der Waals surface area contributed by atoms with Crippen LogP contribution in [-0.4, -0.2) is 36.4 Å². The molecule has 168 valence electrons. The summed E-state index contributed by atoms with van der Waals surface area (Å²) in [7, 11) is 0. The summed E-state index contributed by atoms with van der Waals surface area (Å²) in [6.07, 6.45) is 2.87. The molecule has 0 aromatic heterocycles. The van der Waals surface area contributed by atoms with E-state index in [1.165, 1.54) is 5.56 Å². The molecule has 0 bridgehead atoms. The van der Waals surface area contributed by atoms with Gasteiger partial charge in [0.2, 0.25) is 0 Å². The molecule has 0 heterocycles. The summed E-state index contributed by atoms with van der Waals surface area (Å²) in [5.41, 5.74) is 2.53. The molecule has 5 heteroatoms. The molecule has 2 amide bonds. The molecule has 0 aliphatic heterocycles. The Morgan fingerprint density at radius 2 is 1.61 bits per heavy atom. The van der Waals surface area contributed by atoms with Crippen molar-refractivity contribution in [2.75, 3.05) is 25.0 Å². The molecule has 1 N–H and O–H groups in total. The van der Waals surface area contributed by atoms with Crippen LogP contribution in [0.2, 0.25) is 0 Å². The van der Waals surface area contributed by atoms with Crippen LogP contribution in [0.1, 0.15) is 69.8 Å². The second-order valence-electron chi connectivity index (χ2n) is 8.47. The zero-order valence-electron chi connectivity index (χ0n) is 19.5.